The minimum atomic E-state index is 0.307. The van der Waals surface area contributed by atoms with Gasteiger partial charge in [-0.3, -0.25) is 4.90 Å². The van der Waals surface area contributed by atoms with Gasteiger partial charge in [-0.05, 0) is 37.6 Å². The maximum atomic E-state index is 5.01. The Morgan fingerprint density at radius 3 is 2.16 bits per heavy atom. The molecule has 1 aliphatic heterocycles. The smallest absolute Gasteiger partial charge is 0.144 e. The first-order chi connectivity index (χ1) is 15.6. The Morgan fingerprint density at radius 1 is 0.938 bits per heavy atom. The van der Waals surface area contributed by atoms with E-state index in [-0.39, 0.29) is 0 Å². The second-order valence-corrected chi connectivity index (χ2v) is 9.08. The van der Waals surface area contributed by atoms with E-state index in [1.165, 1.54) is 29.7 Å². The van der Waals surface area contributed by atoms with Gasteiger partial charge in [-0.2, -0.15) is 0 Å². The standard InChI is InChI=1S/C27H35N5/c1-31(2)27-17-25(23-15-10-16-28-18-23)29-26(30-27)20-32(3)19-24(21-11-6-4-7-12-21)22-13-8-5-9-14-22/h4-9,11-14,17,23-24,28H,10,15-16,18-20H2,1-3H3. The fourth-order valence-corrected chi connectivity index (χ4v) is 4.51. The molecule has 32 heavy (non-hydrogen) atoms. The van der Waals surface area contributed by atoms with Crippen LogP contribution >= 0.6 is 0 Å². The molecule has 2 aromatic carbocycles. The third kappa shape index (κ3) is 5.72. The van der Waals surface area contributed by atoms with Crippen LogP contribution in [-0.2, 0) is 6.54 Å². The number of anilines is 1. The predicted molar refractivity (Wildman–Crippen MR) is 132 cm³/mol. The summed E-state index contributed by atoms with van der Waals surface area (Å²) >= 11 is 0. The van der Waals surface area contributed by atoms with Gasteiger partial charge in [-0.25, -0.2) is 9.97 Å². The first-order valence-corrected chi connectivity index (χ1v) is 11.6. The number of piperidine rings is 1. The normalized spacial score (nSPS) is 16.5. The van der Waals surface area contributed by atoms with Crippen LogP contribution in [0.25, 0.3) is 0 Å². The van der Waals surface area contributed by atoms with Crippen LogP contribution in [0.15, 0.2) is 66.7 Å². The number of hydrogen-bond acceptors (Lipinski definition) is 5. The molecule has 0 radical (unpaired) electrons. The summed E-state index contributed by atoms with van der Waals surface area (Å²) in [5.41, 5.74) is 3.84. The largest absolute Gasteiger partial charge is 0.363 e. The maximum Gasteiger partial charge on any atom is 0.144 e. The van der Waals surface area contributed by atoms with Gasteiger partial charge in [0.25, 0.3) is 0 Å². The molecule has 4 rings (SSSR count). The monoisotopic (exact) mass is 429 g/mol. The van der Waals surface area contributed by atoms with Crippen LogP contribution in [0.2, 0.25) is 0 Å². The lowest BCUT2D eigenvalue weighted by atomic mass is 9.91. The van der Waals surface area contributed by atoms with Crippen LogP contribution in [-0.4, -0.2) is 55.6 Å². The Morgan fingerprint density at radius 2 is 1.59 bits per heavy atom. The number of rotatable bonds is 8. The molecule has 1 aliphatic rings. The molecule has 2 heterocycles. The second-order valence-electron chi connectivity index (χ2n) is 9.08. The Bertz CT molecular complexity index is 928. The zero-order valence-corrected chi connectivity index (χ0v) is 19.5. The van der Waals surface area contributed by atoms with Gasteiger partial charge in [0, 0.05) is 45.1 Å². The number of hydrogen-bond donors (Lipinski definition) is 1. The molecule has 1 unspecified atom stereocenters. The van der Waals surface area contributed by atoms with E-state index in [0.717, 1.165) is 37.8 Å². The lowest BCUT2D eigenvalue weighted by Gasteiger charge is -2.26. The zero-order valence-electron chi connectivity index (χ0n) is 19.5. The van der Waals surface area contributed by atoms with Gasteiger partial charge in [0.05, 0.1) is 12.2 Å². The third-order valence-corrected chi connectivity index (χ3v) is 6.26. The summed E-state index contributed by atoms with van der Waals surface area (Å²) in [6, 6.07) is 23.7. The molecule has 0 aliphatic carbocycles. The van der Waals surface area contributed by atoms with E-state index >= 15 is 0 Å². The molecule has 1 aromatic heterocycles. The van der Waals surface area contributed by atoms with Gasteiger partial charge >= 0.3 is 0 Å². The molecule has 1 atom stereocenters. The van der Waals surface area contributed by atoms with E-state index in [2.05, 4.69) is 103 Å². The summed E-state index contributed by atoms with van der Waals surface area (Å²) in [6.45, 7) is 3.75. The van der Waals surface area contributed by atoms with Crippen LogP contribution < -0.4 is 10.2 Å². The van der Waals surface area contributed by atoms with Gasteiger partial charge in [0.15, 0.2) is 0 Å². The van der Waals surface area contributed by atoms with Crippen LogP contribution in [0.4, 0.5) is 5.82 Å². The molecule has 3 aromatic rings. The average Bonchev–Trinajstić information content (AvgIpc) is 2.84. The number of benzene rings is 2. The quantitative estimate of drug-likeness (QED) is 0.579. The van der Waals surface area contributed by atoms with Crippen molar-refractivity contribution < 1.29 is 0 Å². The van der Waals surface area contributed by atoms with Crippen molar-refractivity contribution in [3.05, 3.63) is 89.4 Å². The molecule has 1 N–H and O–H groups in total. The van der Waals surface area contributed by atoms with Gasteiger partial charge in [-0.15, -0.1) is 0 Å². The van der Waals surface area contributed by atoms with Crippen molar-refractivity contribution in [2.45, 2.75) is 31.2 Å². The minimum absolute atomic E-state index is 0.307. The second kappa shape index (κ2) is 10.7. The highest BCUT2D eigenvalue weighted by Crippen LogP contribution is 2.27. The molecule has 1 saturated heterocycles. The molecular formula is C27H35N5. The van der Waals surface area contributed by atoms with Crippen LogP contribution in [0.1, 0.15) is 47.3 Å². The van der Waals surface area contributed by atoms with Gasteiger partial charge in [0.2, 0.25) is 0 Å². The lowest BCUT2D eigenvalue weighted by molar-refractivity contribution is 0.307. The zero-order chi connectivity index (χ0) is 22.3. The molecule has 0 saturated carbocycles. The molecule has 168 valence electrons. The van der Waals surface area contributed by atoms with Crippen molar-refractivity contribution in [2.75, 3.05) is 45.7 Å². The van der Waals surface area contributed by atoms with Crippen molar-refractivity contribution in [3.8, 4) is 0 Å². The van der Waals surface area contributed by atoms with E-state index in [9.17, 15) is 0 Å². The van der Waals surface area contributed by atoms with E-state index in [1.54, 1.807) is 0 Å². The van der Waals surface area contributed by atoms with E-state index in [1.807, 2.05) is 0 Å². The topological polar surface area (TPSA) is 44.3 Å². The highest BCUT2D eigenvalue weighted by Gasteiger charge is 2.21. The fourth-order valence-electron chi connectivity index (χ4n) is 4.51. The van der Waals surface area contributed by atoms with Crippen molar-refractivity contribution in [3.63, 3.8) is 0 Å². The van der Waals surface area contributed by atoms with Crippen molar-refractivity contribution >= 4 is 5.82 Å². The van der Waals surface area contributed by atoms with Crippen molar-refractivity contribution in [2.24, 2.45) is 0 Å². The third-order valence-electron chi connectivity index (χ3n) is 6.26. The fraction of sp³-hybridized carbons (Fsp3) is 0.407. The molecule has 0 bridgehead atoms. The van der Waals surface area contributed by atoms with E-state index < -0.39 is 0 Å². The first kappa shape index (κ1) is 22.4. The molecule has 5 nitrogen and oxygen atoms in total. The van der Waals surface area contributed by atoms with Crippen LogP contribution in [0.5, 0.6) is 0 Å². The number of nitrogens with one attached hydrogen (secondary N) is 1. The highest BCUT2D eigenvalue weighted by molar-refractivity contribution is 5.39. The Balaban J connectivity index is 1.55. The minimum Gasteiger partial charge on any atom is -0.363 e. The average molecular weight is 430 g/mol. The van der Waals surface area contributed by atoms with Crippen LogP contribution in [0, 0.1) is 0 Å². The Labute approximate surface area is 192 Å². The Hall–Kier alpha value is -2.76. The van der Waals surface area contributed by atoms with Gasteiger partial charge < -0.3 is 10.2 Å². The summed E-state index contributed by atoms with van der Waals surface area (Å²) in [5, 5.41) is 3.52. The molecular weight excluding hydrogens is 394 g/mol. The van der Waals surface area contributed by atoms with Crippen molar-refractivity contribution in [1.29, 1.82) is 0 Å². The van der Waals surface area contributed by atoms with E-state index in [0.29, 0.717) is 11.8 Å². The predicted octanol–water partition coefficient (Wildman–Crippen LogP) is 4.27. The van der Waals surface area contributed by atoms with Gasteiger partial charge in [0.1, 0.15) is 11.6 Å². The molecule has 1 fully saturated rings. The number of likely N-dealkylation sites (N-methyl/N-ethyl adjacent to an activating group) is 1. The molecule has 0 amide bonds. The SMILES string of the molecule is CN(Cc1nc(C2CCCNC2)cc(N(C)C)n1)CC(c1ccccc1)c1ccccc1. The summed E-state index contributed by atoms with van der Waals surface area (Å²) in [5.74, 6) is 2.67. The summed E-state index contributed by atoms with van der Waals surface area (Å²) in [7, 11) is 6.28. The summed E-state index contributed by atoms with van der Waals surface area (Å²) in [4.78, 5) is 14.3. The number of aromatic nitrogens is 2. The molecule has 0 spiro atoms. The van der Waals surface area contributed by atoms with Gasteiger partial charge in [-0.1, -0.05) is 60.7 Å². The van der Waals surface area contributed by atoms with Crippen LogP contribution in [0.3, 0.4) is 0 Å². The maximum absolute atomic E-state index is 5.01. The van der Waals surface area contributed by atoms with E-state index in [4.69, 9.17) is 9.97 Å². The summed E-state index contributed by atoms with van der Waals surface area (Å²) in [6.07, 6.45) is 2.40. The lowest BCUT2D eigenvalue weighted by Crippen LogP contribution is -2.30. The number of nitrogens with zero attached hydrogens (tertiary/aromatic N) is 4. The van der Waals surface area contributed by atoms with Crippen molar-refractivity contribution in [1.82, 2.24) is 20.2 Å². The summed E-state index contributed by atoms with van der Waals surface area (Å²) < 4.78 is 0. The first-order valence-electron chi connectivity index (χ1n) is 11.6. The Kier molecular flexibility index (Phi) is 7.51. The molecule has 5 heteroatoms. The highest BCUT2D eigenvalue weighted by atomic mass is 15.2.